The lowest BCUT2D eigenvalue weighted by molar-refractivity contribution is -0.384. The standard InChI is InChI=1S/C11H14N2O3/c12-9-5-11(6-9)16-7-8-1-3-10(4-2-8)13(14)15/h1-4,9,11H,5-7,12H2. The maximum atomic E-state index is 10.4. The fourth-order valence-electron chi connectivity index (χ4n) is 1.67. The molecule has 86 valence electrons. The molecule has 16 heavy (non-hydrogen) atoms. The Labute approximate surface area is 93.4 Å². The van der Waals surface area contributed by atoms with Gasteiger partial charge in [-0.05, 0) is 30.5 Å². The summed E-state index contributed by atoms with van der Waals surface area (Å²) in [6.07, 6.45) is 2.07. The molecule has 1 aromatic carbocycles. The Bertz CT molecular complexity index is 371. The zero-order chi connectivity index (χ0) is 11.5. The lowest BCUT2D eigenvalue weighted by Crippen LogP contribution is -2.41. The molecule has 2 N–H and O–H groups in total. The zero-order valence-corrected chi connectivity index (χ0v) is 8.83. The third kappa shape index (κ3) is 2.56. The van der Waals surface area contributed by atoms with E-state index in [1.54, 1.807) is 12.1 Å². The molecule has 0 spiro atoms. The van der Waals surface area contributed by atoms with E-state index in [4.69, 9.17) is 10.5 Å². The number of nitrogens with zero attached hydrogens (tertiary/aromatic N) is 1. The fraction of sp³-hybridized carbons (Fsp3) is 0.455. The van der Waals surface area contributed by atoms with Gasteiger partial charge in [0.05, 0.1) is 17.6 Å². The molecule has 1 aromatic rings. The predicted molar refractivity (Wildman–Crippen MR) is 58.9 cm³/mol. The smallest absolute Gasteiger partial charge is 0.269 e. The largest absolute Gasteiger partial charge is 0.373 e. The van der Waals surface area contributed by atoms with Gasteiger partial charge in [-0.3, -0.25) is 10.1 Å². The van der Waals surface area contributed by atoms with Gasteiger partial charge < -0.3 is 10.5 Å². The van der Waals surface area contributed by atoms with Crippen LogP contribution < -0.4 is 5.73 Å². The topological polar surface area (TPSA) is 78.4 Å². The number of benzene rings is 1. The Balaban J connectivity index is 1.83. The first-order chi connectivity index (χ1) is 7.65. The molecule has 0 heterocycles. The molecule has 0 bridgehead atoms. The van der Waals surface area contributed by atoms with E-state index < -0.39 is 4.92 Å². The molecule has 1 fully saturated rings. The Morgan fingerprint density at radius 1 is 1.38 bits per heavy atom. The van der Waals surface area contributed by atoms with Crippen LogP contribution in [0.5, 0.6) is 0 Å². The van der Waals surface area contributed by atoms with Gasteiger partial charge in [0.1, 0.15) is 0 Å². The van der Waals surface area contributed by atoms with Crippen LogP contribution in [0.2, 0.25) is 0 Å². The van der Waals surface area contributed by atoms with Crippen molar-refractivity contribution in [2.75, 3.05) is 0 Å². The third-order valence-corrected chi connectivity index (χ3v) is 2.76. The maximum absolute atomic E-state index is 10.4. The van der Waals surface area contributed by atoms with E-state index >= 15 is 0 Å². The monoisotopic (exact) mass is 222 g/mol. The van der Waals surface area contributed by atoms with Crippen LogP contribution >= 0.6 is 0 Å². The number of rotatable bonds is 4. The first-order valence-corrected chi connectivity index (χ1v) is 5.25. The van der Waals surface area contributed by atoms with Gasteiger partial charge in [0, 0.05) is 18.2 Å². The first-order valence-electron chi connectivity index (χ1n) is 5.25. The second-order valence-electron chi connectivity index (χ2n) is 4.09. The summed E-state index contributed by atoms with van der Waals surface area (Å²) in [5.41, 5.74) is 6.69. The number of nitrogens with two attached hydrogens (primary N) is 1. The highest BCUT2D eigenvalue weighted by Gasteiger charge is 2.26. The summed E-state index contributed by atoms with van der Waals surface area (Å²) in [7, 11) is 0. The summed E-state index contributed by atoms with van der Waals surface area (Å²) < 4.78 is 5.58. The van der Waals surface area contributed by atoms with Crippen molar-refractivity contribution in [2.24, 2.45) is 5.73 Å². The van der Waals surface area contributed by atoms with Crippen LogP contribution in [-0.4, -0.2) is 17.1 Å². The van der Waals surface area contributed by atoms with E-state index in [0.29, 0.717) is 6.61 Å². The summed E-state index contributed by atoms with van der Waals surface area (Å²) in [4.78, 5) is 10.0. The predicted octanol–water partition coefficient (Wildman–Crippen LogP) is 1.60. The molecule has 0 saturated heterocycles. The molecular formula is C11H14N2O3. The second kappa shape index (κ2) is 4.59. The van der Waals surface area contributed by atoms with Gasteiger partial charge in [0.2, 0.25) is 0 Å². The van der Waals surface area contributed by atoms with Crippen molar-refractivity contribution in [3.63, 3.8) is 0 Å². The molecule has 5 nitrogen and oxygen atoms in total. The fourth-order valence-corrected chi connectivity index (χ4v) is 1.67. The van der Waals surface area contributed by atoms with E-state index in [-0.39, 0.29) is 17.8 Å². The van der Waals surface area contributed by atoms with Crippen molar-refractivity contribution in [1.82, 2.24) is 0 Å². The van der Waals surface area contributed by atoms with Crippen LogP contribution in [0.15, 0.2) is 24.3 Å². The Hall–Kier alpha value is -1.46. The second-order valence-corrected chi connectivity index (χ2v) is 4.09. The van der Waals surface area contributed by atoms with Crippen LogP contribution in [0.4, 0.5) is 5.69 Å². The van der Waals surface area contributed by atoms with Crippen LogP contribution in [0.1, 0.15) is 18.4 Å². The summed E-state index contributed by atoms with van der Waals surface area (Å²) in [5.74, 6) is 0. The first kappa shape index (κ1) is 11.0. The maximum Gasteiger partial charge on any atom is 0.269 e. The van der Waals surface area contributed by atoms with Crippen LogP contribution in [0, 0.1) is 10.1 Å². The van der Waals surface area contributed by atoms with Crippen molar-refractivity contribution < 1.29 is 9.66 Å². The molecule has 1 saturated carbocycles. The lowest BCUT2D eigenvalue weighted by atomic mass is 9.90. The SMILES string of the molecule is NC1CC(OCc2ccc([N+](=O)[O-])cc2)C1. The number of hydrogen-bond donors (Lipinski definition) is 1. The average Bonchev–Trinajstić information content (AvgIpc) is 2.23. The highest BCUT2D eigenvalue weighted by molar-refractivity contribution is 5.32. The highest BCUT2D eigenvalue weighted by Crippen LogP contribution is 2.22. The lowest BCUT2D eigenvalue weighted by Gasteiger charge is -2.32. The zero-order valence-electron chi connectivity index (χ0n) is 8.83. The minimum atomic E-state index is -0.407. The third-order valence-electron chi connectivity index (χ3n) is 2.76. The number of nitro benzene ring substituents is 1. The molecular weight excluding hydrogens is 208 g/mol. The van der Waals surface area contributed by atoms with Gasteiger partial charge in [0.25, 0.3) is 5.69 Å². The van der Waals surface area contributed by atoms with E-state index in [1.807, 2.05) is 0 Å². The van der Waals surface area contributed by atoms with Crippen LogP contribution in [-0.2, 0) is 11.3 Å². The summed E-state index contributed by atoms with van der Waals surface area (Å²) in [6, 6.07) is 6.70. The summed E-state index contributed by atoms with van der Waals surface area (Å²) in [6.45, 7) is 0.495. The van der Waals surface area contributed by atoms with Crippen LogP contribution in [0.3, 0.4) is 0 Å². The number of non-ortho nitro benzene ring substituents is 1. The molecule has 0 radical (unpaired) electrons. The molecule has 2 rings (SSSR count). The van der Waals surface area contributed by atoms with Crippen molar-refractivity contribution in [1.29, 1.82) is 0 Å². The van der Waals surface area contributed by atoms with Gasteiger partial charge in [-0.2, -0.15) is 0 Å². The Morgan fingerprint density at radius 3 is 2.50 bits per heavy atom. The van der Waals surface area contributed by atoms with Crippen molar-refractivity contribution in [3.05, 3.63) is 39.9 Å². The van der Waals surface area contributed by atoms with E-state index in [2.05, 4.69) is 0 Å². The van der Waals surface area contributed by atoms with Gasteiger partial charge in [-0.15, -0.1) is 0 Å². The number of hydrogen-bond acceptors (Lipinski definition) is 4. The molecule has 1 aliphatic carbocycles. The number of nitro groups is 1. The molecule has 5 heteroatoms. The van der Waals surface area contributed by atoms with E-state index in [1.165, 1.54) is 12.1 Å². The van der Waals surface area contributed by atoms with Crippen LogP contribution in [0.25, 0.3) is 0 Å². The van der Waals surface area contributed by atoms with E-state index in [0.717, 1.165) is 18.4 Å². The average molecular weight is 222 g/mol. The van der Waals surface area contributed by atoms with Gasteiger partial charge in [0.15, 0.2) is 0 Å². The van der Waals surface area contributed by atoms with Crippen molar-refractivity contribution in [2.45, 2.75) is 31.6 Å². The van der Waals surface area contributed by atoms with Gasteiger partial charge in [-0.25, -0.2) is 0 Å². The molecule has 0 aromatic heterocycles. The minimum absolute atomic E-state index is 0.106. The molecule has 0 aliphatic heterocycles. The highest BCUT2D eigenvalue weighted by atomic mass is 16.6. The quantitative estimate of drug-likeness (QED) is 0.620. The van der Waals surface area contributed by atoms with Gasteiger partial charge in [-0.1, -0.05) is 0 Å². The molecule has 0 atom stereocenters. The minimum Gasteiger partial charge on any atom is -0.373 e. The summed E-state index contributed by atoms with van der Waals surface area (Å²) >= 11 is 0. The molecule has 1 aliphatic rings. The van der Waals surface area contributed by atoms with E-state index in [9.17, 15) is 10.1 Å². The molecule has 0 unspecified atom stereocenters. The summed E-state index contributed by atoms with van der Waals surface area (Å²) in [5, 5.41) is 10.4. The van der Waals surface area contributed by atoms with Gasteiger partial charge >= 0.3 is 0 Å². The molecule has 0 amide bonds. The van der Waals surface area contributed by atoms with Crippen molar-refractivity contribution in [3.8, 4) is 0 Å². The van der Waals surface area contributed by atoms with Crippen molar-refractivity contribution >= 4 is 5.69 Å². The Kier molecular flexibility index (Phi) is 3.17. The number of ether oxygens (including phenoxy) is 1. The Morgan fingerprint density at radius 2 is 2.00 bits per heavy atom. The normalized spacial score (nSPS) is 23.8.